The monoisotopic (exact) mass is 462 g/mol. The zero-order valence-corrected chi connectivity index (χ0v) is 20.5. The third kappa shape index (κ3) is 6.88. The molecule has 176 valence electrons. The van der Waals surface area contributed by atoms with Crippen molar-refractivity contribution >= 4 is 21.6 Å². The van der Waals surface area contributed by atoms with Gasteiger partial charge >= 0.3 is 0 Å². The molecule has 0 aliphatic heterocycles. The smallest absolute Gasteiger partial charge is 0.244 e. The van der Waals surface area contributed by atoms with Crippen molar-refractivity contribution in [1.29, 1.82) is 0 Å². The number of amides is 1. The van der Waals surface area contributed by atoms with Crippen LogP contribution < -0.4 is 19.1 Å². The first-order chi connectivity index (χ1) is 15.0. The number of rotatable bonds is 10. The summed E-state index contributed by atoms with van der Waals surface area (Å²) in [5, 5.41) is 2.79. The van der Waals surface area contributed by atoms with E-state index >= 15 is 0 Å². The predicted molar refractivity (Wildman–Crippen MR) is 128 cm³/mol. The summed E-state index contributed by atoms with van der Waals surface area (Å²) in [5.41, 5.74) is 1.69. The van der Waals surface area contributed by atoms with E-state index in [2.05, 4.69) is 26.1 Å². The Morgan fingerprint density at radius 1 is 1.03 bits per heavy atom. The van der Waals surface area contributed by atoms with Gasteiger partial charge in [0.05, 0.1) is 25.6 Å². The summed E-state index contributed by atoms with van der Waals surface area (Å²) in [6, 6.07) is 13.6. The number of ether oxygens (including phenoxy) is 2. The molecular weight excluding hydrogens is 428 g/mol. The van der Waals surface area contributed by atoms with Crippen LogP contribution >= 0.6 is 0 Å². The highest BCUT2D eigenvalue weighted by atomic mass is 32.2. The number of hydrogen-bond acceptors (Lipinski definition) is 5. The summed E-state index contributed by atoms with van der Waals surface area (Å²) < 4.78 is 37.0. The third-order valence-corrected chi connectivity index (χ3v) is 6.23. The molecule has 0 spiro atoms. The average Bonchev–Trinajstić information content (AvgIpc) is 2.73. The number of methoxy groups -OCH3 is 1. The number of nitrogens with one attached hydrogen (secondary N) is 1. The van der Waals surface area contributed by atoms with Gasteiger partial charge in [-0.2, -0.15) is 0 Å². The molecule has 0 unspecified atom stereocenters. The van der Waals surface area contributed by atoms with E-state index < -0.39 is 16.1 Å². The van der Waals surface area contributed by atoms with Gasteiger partial charge in [-0.25, -0.2) is 8.42 Å². The lowest BCUT2D eigenvalue weighted by molar-refractivity contribution is -0.122. The van der Waals surface area contributed by atoms with Crippen LogP contribution in [0.4, 0.5) is 5.69 Å². The summed E-state index contributed by atoms with van der Waals surface area (Å²) in [7, 11) is -2.15. The molecule has 32 heavy (non-hydrogen) atoms. The first-order valence-corrected chi connectivity index (χ1v) is 12.5. The molecule has 0 heterocycles. The van der Waals surface area contributed by atoms with Crippen molar-refractivity contribution in [3.05, 3.63) is 54.1 Å². The lowest BCUT2D eigenvalue weighted by atomic mass is 9.87. The summed E-state index contributed by atoms with van der Waals surface area (Å²) in [6.07, 6.45) is 1.41. The van der Waals surface area contributed by atoms with Gasteiger partial charge in [0.15, 0.2) is 0 Å². The molecule has 2 rings (SSSR count). The quantitative estimate of drug-likeness (QED) is 0.544. The van der Waals surface area contributed by atoms with Crippen molar-refractivity contribution < 1.29 is 22.7 Å². The Labute approximate surface area is 191 Å². The van der Waals surface area contributed by atoms with Gasteiger partial charge in [0.2, 0.25) is 15.9 Å². The van der Waals surface area contributed by atoms with Crippen molar-refractivity contribution in [2.24, 2.45) is 0 Å². The Kier molecular flexibility index (Phi) is 8.55. The van der Waals surface area contributed by atoms with E-state index in [-0.39, 0.29) is 24.5 Å². The van der Waals surface area contributed by atoms with Crippen molar-refractivity contribution in [2.45, 2.75) is 45.6 Å². The van der Waals surface area contributed by atoms with E-state index in [0.717, 1.165) is 16.3 Å². The van der Waals surface area contributed by atoms with Crippen LogP contribution in [-0.4, -0.2) is 46.9 Å². The fraction of sp³-hybridized carbons (Fsp3) is 0.458. The summed E-state index contributed by atoms with van der Waals surface area (Å²) in [4.78, 5) is 12.8. The highest BCUT2D eigenvalue weighted by Gasteiger charge is 2.31. The number of hydrogen-bond donors (Lipinski definition) is 1. The number of nitrogens with zero attached hydrogens (tertiary/aromatic N) is 1. The maximum Gasteiger partial charge on any atom is 0.244 e. The summed E-state index contributed by atoms with van der Waals surface area (Å²) in [6.45, 7) is 8.76. The minimum atomic E-state index is -3.68. The maximum absolute atomic E-state index is 12.8. The van der Waals surface area contributed by atoms with Crippen molar-refractivity contribution in [3.63, 3.8) is 0 Å². The molecule has 2 aromatic rings. The largest absolute Gasteiger partial charge is 0.497 e. The Hall–Kier alpha value is -2.74. The first-order valence-electron chi connectivity index (χ1n) is 10.6. The number of carbonyl (C=O) groups excluding carboxylic acids is 1. The Bertz CT molecular complexity index is 981. The van der Waals surface area contributed by atoms with E-state index in [1.54, 1.807) is 31.2 Å². The molecule has 0 bridgehead atoms. The molecule has 0 aromatic heterocycles. The Balaban J connectivity index is 2.00. The maximum atomic E-state index is 12.8. The predicted octanol–water partition coefficient (Wildman–Crippen LogP) is 3.73. The number of sulfonamides is 1. The van der Waals surface area contributed by atoms with Gasteiger partial charge in [0.1, 0.15) is 24.1 Å². The summed E-state index contributed by atoms with van der Waals surface area (Å²) >= 11 is 0. The zero-order chi connectivity index (χ0) is 23.9. The fourth-order valence-corrected chi connectivity index (χ4v) is 4.51. The van der Waals surface area contributed by atoms with Crippen molar-refractivity contribution in [2.75, 3.05) is 30.8 Å². The van der Waals surface area contributed by atoms with E-state index in [1.807, 2.05) is 24.3 Å². The van der Waals surface area contributed by atoms with Crippen LogP contribution in [0.5, 0.6) is 11.5 Å². The highest BCUT2D eigenvalue weighted by molar-refractivity contribution is 7.92. The second-order valence-electron chi connectivity index (χ2n) is 8.59. The minimum Gasteiger partial charge on any atom is -0.497 e. The normalized spacial score (nSPS) is 12.7. The molecule has 0 aliphatic carbocycles. The van der Waals surface area contributed by atoms with E-state index in [0.29, 0.717) is 17.9 Å². The third-order valence-electron chi connectivity index (χ3n) is 5.05. The topological polar surface area (TPSA) is 84.9 Å². The lowest BCUT2D eigenvalue weighted by Gasteiger charge is -2.30. The molecule has 1 amide bonds. The highest BCUT2D eigenvalue weighted by Crippen LogP contribution is 2.26. The van der Waals surface area contributed by atoms with Gasteiger partial charge in [-0.15, -0.1) is 0 Å². The van der Waals surface area contributed by atoms with Gasteiger partial charge in [-0.05, 0) is 53.8 Å². The van der Waals surface area contributed by atoms with Crippen molar-refractivity contribution in [1.82, 2.24) is 5.32 Å². The van der Waals surface area contributed by atoms with E-state index in [9.17, 15) is 13.2 Å². The fourth-order valence-electron chi connectivity index (χ4n) is 3.30. The minimum absolute atomic E-state index is 0.0665. The SMILES string of the molecule is CC[C@@H](C(=O)NCCOc1ccc(C(C)(C)C)cc1)N(c1ccc(OC)cc1)S(C)(=O)=O. The molecule has 0 aliphatic rings. The van der Waals surface area contributed by atoms with Crippen LogP contribution in [0.15, 0.2) is 48.5 Å². The van der Waals surface area contributed by atoms with Crippen LogP contribution in [-0.2, 0) is 20.2 Å². The van der Waals surface area contributed by atoms with Crippen LogP contribution in [0.1, 0.15) is 39.7 Å². The van der Waals surface area contributed by atoms with Gasteiger partial charge < -0.3 is 14.8 Å². The molecular formula is C24H34N2O5S. The van der Waals surface area contributed by atoms with Gasteiger partial charge in [-0.3, -0.25) is 9.10 Å². The van der Waals surface area contributed by atoms with Crippen LogP contribution in [0.25, 0.3) is 0 Å². The number of carbonyl (C=O) groups is 1. The molecule has 2 aromatic carbocycles. The molecule has 8 heteroatoms. The Morgan fingerprint density at radius 2 is 1.59 bits per heavy atom. The van der Waals surface area contributed by atoms with Crippen LogP contribution in [0.2, 0.25) is 0 Å². The molecule has 1 atom stereocenters. The molecule has 0 fully saturated rings. The Morgan fingerprint density at radius 3 is 2.06 bits per heavy atom. The zero-order valence-electron chi connectivity index (χ0n) is 19.7. The average molecular weight is 463 g/mol. The lowest BCUT2D eigenvalue weighted by Crippen LogP contribution is -2.50. The standard InChI is InChI=1S/C24H34N2O5S/c1-7-22(26(32(6,28)29)19-10-14-20(30-5)15-11-19)23(27)25-16-17-31-21-12-8-18(9-13-21)24(2,3)4/h8-15,22H,7,16-17H2,1-6H3,(H,25,27)/t22-/m0/s1. The second-order valence-corrected chi connectivity index (χ2v) is 10.5. The van der Waals surface area contributed by atoms with Gasteiger partial charge in [0, 0.05) is 0 Å². The molecule has 1 N–H and O–H groups in total. The van der Waals surface area contributed by atoms with E-state index in [4.69, 9.17) is 9.47 Å². The molecule has 7 nitrogen and oxygen atoms in total. The number of benzene rings is 2. The van der Waals surface area contributed by atoms with Crippen LogP contribution in [0.3, 0.4) is 0 Å². The van der Waals surface area contributed by atoms with E-state index in [1.165, 1.54) is 12.7 Å². The number of anilines is 1. The molecule has 0 radical (unpaired) electrons. The van der Waals surface area contributed by atoms with Crippen molar-refractivity contribution in [3.8, 4) is 11.5 Å². The summed E-state index contributed by atoms with van der Waals surface area (Å²) in [5.74, 6) is 0.947. The van der Waals surface area contributed by atoms with Gasteiger partial charge in [0.25, 0.3) is 0 Å². The van der Waals surface area contributed by atoms with Gasteiger partial charge in [-0.1, -0.05) is 39.8 Å². The first kappa shape index (κ1) is 25.5. The molecule has 0 saturated carbocycles. The van der Waals surface area contributed by atoms with Crippen LogP contribution in [0, 0.1) is 0 Å². The molecule has 0 saturated heterocycles. The second kappa shape index (κ2) is 10.7.